The zero-order valence-electron chi connectivity index (χ0n) is 17.3. The fraction of sp³-hybridized carbons (Fsp3) is 0.364. The molecule has 2 unspecified atom stereocenters. The van der Waals surface area contributed by atoms with Crippen LogP contribution in [0, 0.1) is 5.53 Å². The second kappa shape index (κ2) is 8.77. The van der Waals surface area contributed by atoms with Crippen LogP contribution in [0.1, 0.15) is 29.5 Å². The highest BCUT2D eigenvalue weighted by molar-refractivity contribution is 5.89. The highest BCUT2D eigenvalue weighted by Crippen LogP contribution is 2.38. The van der Waals surface area contributed by atoms with E-state index in [1.165, 1.54) is 11.1 Å². The number of nitrogens with two attached hydrogens (primary N) is 1. The highest BCUT2D eigenvalue weighted by atomic mass is 16.2. The minimum atomic E-state index is -0.772. The molecule has 0 saturated carbocycles. The van der Waals surface area contributed by atoms with E-state index in [9.17, 15) is 9.59 Å². The van der Waals surface area contributed by atoms with Gasteiger partial charge in [-0.3, -0.25) is 15.0 Å². The van der Waals surface area contributed by atoms with E-state index in [-0.39, 0.29) is 11.9 Å². The molecule has 1 saturated heterocycles. The summed E-state index contributed by atoms with van der Waals surface area (Å²) < 4.78 is 0.731. The topological polar surface area (TPSA) is 135 Å². The van der Waals surface area contributed by atoms with Crippen molar-refractivity contribution in [2.45, 2.75) is 44.4 Å². The second-order valence-corrected chi connectivity index (χ2v) is 8.33. The minimum Gasteiger partial charge on any atom is -0.339 e. The lowest BCUT2D eigenvalue weighted by molar-refractivity contribution is -0.950. The molecule has 2 amide bonds. The molecule has 0 bridgehead atoms. The van der Waals surface area contributed by atoms with E-state index in [0.29, 0.717) is 12.1 Å². The van der Waals surface area contributed by atoms with Gasteiger partial charge >= 0.3 is 0 Å². The Kier molecular flexibility index (Phi) is 5.90. The van der Waals surface area contributed by atoms with E-state index >= 15 is 0 Å². The summed E-state index contributed by atoms with van der Waals surface area (Å²) >= 11 is 0. The van der Waals surface area contributed by atoms with Crippen molar-refractivity contribution < 1.29 is 14.1 Å². The van der Waals surface area contributed by atoms with Gasteiger partial charge in [0.2, 0.25) is 4.91 Å². The van der Waals surface area contributed by atoms with Gasteiger partial charge in [0.25, 0.3) is 11.8 Å². The van der Waals surface area contributed by atoms with E-state index in [0.717, 1.165) is 42.5 Å². The van der Waals surface area contributed by atoms with Gasteiger partial charge in [0, 0.05) is 30.4 Å². The molecule has 9 nitrogen and oxygen atoms in total. The molecule has 2 aliphatic heterocycles. The zero-order valence-corrected chi connectivity index (χ0v) is 17.3. The fourth-order valence-corrected chi connectivity index (χ4v) is 4.96. The molecule has 2 heterocycles. The molecule has 2 aliphatic rings. The molecule has 1 fully saturated rings. The van der Waals surface area contributed by atoms with Gasteiger partial charge in [0.1, 0.15) is 24.7 Å². The summed E-state index contributed by atoms with van der Waals surface area (Å²) in [4.78, 5) is 28.7. The summed E-state index contributed by atoms with van der Waals surface area (Å²) in [7, 11) is 0. The van der Waals surface area contributed by atoms with Gasteiger partial charge < -0.3 is 9.80 Å². The molecule has 2 aromatic carbocycles. The maximum atomic E-state index is 13.3. The van der Waals surface area contributed by atoms with Gasteiger partial charge in [-0.1, -0.05) is 36.4 Å². The molecule has 0 aromatic heterocycles. The van der Waals surface area contributed by atoms with Gasteiger partial charge in [-0.05, 0) is 17.7 Å². The van der Waals surface area contributed by atoms with Crippen molar-refractivity contribution in [2.75, 3.05) is 6.54 Å². The van der Waals surface area contributed by atoms with Gasteiger partial charge in [-0.2, -0.15) is 0 Å². The number of quaternary nitrogens is 1. The molecule has 0 radical (unpaired) electrons. The molecule has 4 rings (SSSR count). The van der Waals surface area contributed by atoms with Crippen LogP contribution in [0.5, 0.6) is 0 Å². The van der Waals surface area contributed by atoms with Crippen molar-refractivity contribution in [3.8, 4) is 0 Å². The lowest BCUT2D eigenvalue weighted by Crippen LogP contribution is -2.58. The van der Waals surface area contributed by atoms with Crippen LogP contribution in [0.25, 0.3) is 0 Å². The number of rotatable bonds is 6. The van der Waals surface area contributed by atoms with Gasteiger partial charge in [0.15, 0.2) is 16.8 Å². The average Bonchev–Trinajstić information content (AvgIpc) is 3.36. The molecule has 31 heavy (non-hydrogen) atoms. The first-order valence-electron chi connectivity index (χ1n) is 10.4. The Morgan fingerprint density at radius 1 is 1.16 bits per heavy atom. The minimum absolute atomic E-state index is 0.0986. The lowest BCUT2D eigenvalue weighted by Gasteiger charge is -2.35. The van der Waals surface area contributed by atoms with Crippen molar-refractivity contribution in [3.63, 3.8) is 0 Å². The third kappa shape index (κ3) is 4.25. The monoisotopic (exact) mass is 421 g/mol. The van der Waals surface area contributed by atoms with E-state index in [2.05, 4.69) is 32.9 Å². The normalized spacial score (nSPS) is 19.3. The average molecular weight is 422 g/mol. The summed E-state index contributed by atoms with van der Waals surface area (Å²) in [5.41, 5.74) is 13.0. The van der Waals surface area contributed by atoms with Gasteiger partial charge in [0.05, 0.1) is 6.54 Å². The van der Waals surface area contributed by atoms with Crippen LogP contribution in [-0.2, 0) is 29.1 Å². The molecule has 0 aliphatic carbocycles. The molecule has 5 N–H and O–H groups in total. The number of nitrogens with one attached hydrogen (secondary N) is 3. The number of hydrogen-bond donors (Lipinski definition) is 4. The van der Waals surface area contributed by atoms with Crippen LogP contribution in [0.15, 0.2) is 53.6 Å². The number of amides is 2. The van der Waals surface area contributed by atoms with Gasteiger partial charge in [-0.25, -0.2) is 5.84 Å². The maximum absolute atomic E-state index is 13.3. The summed E-state index contributed by atoms with van der Waals surface area (Å²) in [6.07, 6.45) is 2.11. The van der Waals surface area contributed by atoms with Crippen molar-refractivity contribution in [3.05, 3.63) is 65.2 Å². The Hall–Kier alpha value is -3.39. The number of benzene rings is 2. The van der Waals surface area contributed by atoms with Gasteiger partial charge in [-0.15, -0.1) is 0 Å². The molecule has 2 aromatic rings. The summed E-state index contributed by atoms with van der Waals surface area (Å²) in [5, 5.41) is 6.61. The van der Waals surface area contributed by atoms with E-state index < -0.39 is 11.9 Å². The largest absolute Gasteiger partial charge is 0.339 e. The Morgan fingerprint density at radius 3 is 2.45 bits per heavy atom. The summed E-state index contributed by atoms with van der Waals surface area (Å²) in [5.74, 6) is 4.86. The lowest BCUT2D eigenvalue weighted by atomic mass is 10.0. The Morgan fingerprint density at radius 2 is 1.84 bits per heavy atom. The number of hydrogen-bond acceptors (Lipinski definition) is 5. The van der Waals surface area contributed by atoms with Crippen molar-refractivity contribution >= 4 is 17.5 Å². The molecular weight excluding hydrogens is 394 g/mol. The SMILES string of the molecule is N=[N+]=Nc1ccc(CC(NC(=O)C2CCC[N+]23Cc2ccccc2C3)C(=O)NN)cc1. The Bertz CT molecular complexity index is 1010. The van der Waals surface area contributed by atoms with Crippen LogP contribution >= 0.6 is 0 Å². The smallest absolute Gasteiger partial charge is 0.279 e. The highest BCUT2D eigenvalue weighted by Gasteiger charge is 2.50. The summed E-state index contributed by atoms with van der Waals surface area (Å²) in [6, 6.07) is 14.5. The van der Waals surface area contributed by atoms with Crippen LogP contribution < -0.4 is 21.5 Å². The van der Waals surface area contributed by atoms with E-state index in [4.69, 9.17) is 11.4 Å². The number of fused-ring (bicyclic) bond motifs is 1. The zero-order chi connectivity index (χ0) is 21.8. The van der Waals surface area contributed by atoms with Crippen LogP contribution in [0.3, 0.4) is 0 Å². The molecule has 1 spiro atoms. The standard InChI is InChI=1S/C22H25N7O2/c23-26-21(30)19(12-15-7-9-18(10-8-15)27-28-24)25-22(31)20-6-3-11-29(20)13-16-4-1-2-5-17(16)14-29/h1-2,4-5,7-10,19-20,23H,3,6,11-14H2,(H2-,24,25,27,31)/p+2. The first-order chi connectivity index (χ1) is 15.0. The van der Waals surface area contributed by atoms with Crippen LogP contribution in [0.4, 0.5) is 5.69 Å². The quantitative estimate of drug-likeness (QED) is 0.141. The first kappa shape index (κ1) is 20.9. The molecular formula is C22H27N7O2+2. The molecule has 2 atom stereocenters. The number of hydrazine groups is 1. The van der Waals surface area contributed by atoms with Crippen molar-refractivity contribution in [2.24, 2.45) is 11.0 Å². The van der Waals surface area contributed by atoms with Crippen molar-refractivity contribution in [1.29, 1.82) is 5.53 Å². The third-order valence-electron chi connectivity index (χ3n) is 6.45. The molecule has 160 valence electrons. The third-order valence-corrected chi connectivity index (χ3v) is 6.45. The number of nitrogens with zero attached hydrogens (tertiary/aromatic N) is 3. The second-order valence-electron chi connectivity index (χ2n) is 8.33. The first-order valence-corrected chi connectivity index (χ1v) is 10.4. The van der Waals surface area contributed by atoms with Crippen LogP contribution in [-0.4, -0.2) is 34.9 Å². The number of carbonyl (C=O) groups is 2. The number of carbonyl (C=O) groups excluding carboxylic acids is 2. The Labute approximate surface area is 180 Å². The van der Waals surface area contributed by atoms with E-state index in [1.807, 2.05) is 12.1 Å². The predicted octanol–water partition coefficient (Wildman–Crippen LogP) is 1.58. The van der Waals surface area contributed by atoms with E-state index in [1.54, 1.807) is 24.3 Å². The predicted molar refractivity (Wildman–Crippen MR) is 113 cm³/mol. The Balaban J connectivity index is 1.48. The van der Waals surface area contributed by atoms with Crippen molar-refractivity contribution in [1.82, 2.24) is 15.7 Å². The maximum Gasteiger partial charge on any atom is 0.279 e. The van der Waals surface area contributed by atoms with Crippen LogP contribution in [0.2, 0.25) is 0 Å². The fourth-order valence-electron chi connectivity index (χ4n) is 4.96. The molecule has 9 heteroatoms. The summed E-state index contributed by atoms with van der Waals surface area (Å²) in [6.45, 7) is 2.68.